The molecule has 0 aromatic rings. The van der Waals surface area contributed by atoms with Crippen LogP contribution in [0.5, 0.6) is 0 Å². The third kappa shape index (κ3) is 9.38. The van der Waals surface area contributed by atoms with Crippen molar-refractivity contribution in [2.75, 3.05) is 7.05 Å². The van der Waals surface area contributed by atoms with Gasteiger partial charge in [-0.05, 0) is 7.05 Å². The van der Waals surface area contributed by atoms with Crippen LogP contribution in [0.15, 0.2) is 0 Å². The summed E-state index contributed by atoms with van der Waals surface area (Å²) in [6.45, 7) is 0. The molecule has 0 atom stereocenters. The maximum Gasteiger partial charge on any atom is 0.337 e. The molecule has 0 saturated carbocycles. The van der Waals surface area contributed by atoms with Crippen molar-refractivity contribution in [1.82, 2.24) is 0 Å². The van der Waals surface area contributed by atoms with E-state index in [1.807, 2.05) is 0 Å². The molecule has 0 aliphatic carbocycles. The number of carbonyl (C=O) groups is 1. The Balaban J connectivity index is 0. The number of hydrogen-bond acceptors (Lipinski definition) is 2. The first-order valence-corrected chi connectivity index (χ1v) is 2.60. The van der Waals surface area contributed by atoms with Crippen molar-refractivity contribution in [2.24, 2.45) is 5.73 Å². The van der Waals surface area contributed by atoms with Gasteiger partial charge >= 0.3 is 5.97 Å². The monoisotopic (exact) mass is 159 g/mol. The molecule has 0 aromatic heterocycles. The van der Waals surface area contributed by atoms with Crippen LogP contribution in [0, 0.1) is 0 Å². The van der Waals surface area contributed by atoms with Crippen molar-refractivity contribution in [1.29, 1.82) is 0 Å². The third-order valence-corrected chi connectivity index (χ3v) is 0.560. The summed E-state index contributed by atoms with van der Waals surface area (Å²) in [7, 11) is 1.50. The van der Waals surface area contributed by atoms with E-state index in [1.165, 1.54) is 7.05 Å². The van der Waals surface area contributed by atoms with E-state index in [2.05, 4.69) is 5.73 Å². The van der Waals surface area contributed by atoms with Crippen LogP contribution < -0.4 is 5.73 Å². The largest absolute Gasteiger partial charge is 0.479 e. The smallest absolute Gasteiger partial charge is 0.337 e. The molecular formula is C3H7Cl2NO2. The first-order valence-electron chi connectivity index (χ1n) is 1.73. The van der Waals surface area contributed by atoms with Gasteiger partial charge in [0.2, 0.25) is 4.84 Å². The maximum atomic E-state index is 9.44. The fourth-order valence-corrected chi connectivity index (χ4v) is 0. The molecule has 0 amide bonds. The van der Waals surface area contributed by atoms with Gasteiger partial charge in [0.15, 0.2) is 0 Å². The first kappa shape index (κ1) is 10.9. The van der Waals surface area contributed by atoms with Gasteiger partial charge in [0.1, 0.15) is 0 Å². The molecular weight excluding hydrogens is 153 g/mol. The lowest BCUT2D eigenvalue weighted by Gasteiger charge is -1.84. The van der Waals surface area contributed by atoms with Gasteiger partial charge in [-0.3, -0.25) is 0 Å². The highest BCUT2D eigenvalue weighted by molar-refractivity contribution is 6.52. The van der Waals surface area contributed by atoms with Crippen LogP contribution in [-0.2, 0) is 4.79 Å². The van der Waals surface area contributed by atoms with E-state index in [4.69, 9.17) is 28.3 Å². The molecule has 0 spiro atoms. The Kier molecular flexibility index (Phi) is 9.55. The van der Waals surface area contributed by atoms with Crippen molar-refractivity contribution in [3.63, 3.8) is 0 Å². The normalized spacial score (nSPS) is 7.62. The highest BCUT2D eigenvalue weighted by Crippen LogP contribution is 1.98. The number of carboxylic acid groups (broad SMARTS) is 1. The minimum absolute atomic E-state index is 1.21. The highest BCUT2D eigenvalue weighted by atomic mass is 35.5. The third-order valence-electron chi connectivity index (χ3n) is 0.187. The number of hydrogen-bond donors (Lipinski definition) is 2. The van der Waals surface area contributed by atoms with Crippen LogP contribution in [0.4, 0.5) is 0 Å². The second kappa shape index (κ2) is 7.01. The molecule has 3 N–H and O–H groups in total. The lowest BCUT2D eigenvalue weighted by Crippen LogP contribution is -2.03. The van der Waals surface area contributed by atoms with Crippen LogP contribution in [0.2, 0.25) is 0 Å². The molecule has 5 heteroatoms. The minimum atomic E-state index is -1.29. The van der Waals surface area contributed by atoms with Crippen molar-refractivity contribution in [3.05, 3.63) is 0 Å². The van der Waals surface area contributed by atoms with Crippen molar-refractivity contribution < 1.29 is 9.90 Å². The SMILES string of the molecule is CN.O=C(O)C(Cl)Cl. The lowest BCUT2D eigenvalue weighted by molar-refractivity contribution is -0.135. The number of aliphatic carboxylic acids is 1. The molecule has 0 fully saturated rings. The molecule has 0 unspecified atom stereocenters. The topological polar surface area (TPSA) is 63.3 Å². The molecule has 50 valence electrons. The first-order chi connectivity index (χ1) is 3.64. The van der Waals surface area contributed by atoms with E-state index in [-0.39, 0.29) is 0 Å². The summed E-state index contributed by atoms with van der Waals surface area (Å²) < 4.78 is 0. The van der Waals surface area contributed by atoms with Gasteiger partial charge in [0.05, 0.1) is 0 Å². The Bertz CT molecular complexity index is 66.3. The molecule has 0 aliphatic rings. The average Bonchev–Trinajstić information content (AvgIpc) is 1.72. The number of nitrogens with two attached hydrogens (primary N) is 1. The van der Waals surface area contributed by atoms with Gasteiger partial charge < -0.3 is 10.8 Å². The fourth-order valence-electron chi connectivity index (χ4n) is 0. The van der Waals surface area contributed by atoms with E-state index in [9.17, 15) is 4.79 Å². The zero-order valence-corrected chi connectivity index (χ0v) is 5.78. The Labute approximate surface area is 57.4 Å². The molecule has 8 heavy (non-hydrogen) atoms. The standard InChI is InChI=1S/C2H2Cl2O2.CH5N/c3-1(4)2(5)6;1-2/h1H,(H,5,6);2H2,1H3. The van der Waals surface area contributed by atoms with E-state index >= 15 is 0 Å². The van der Waals surface area contributed by atoms with E-state index in [0.717, 1.165) is 0 Å². The maximum absolute atomic E-state index is 9.44. The van der Waals surface area contributed by atoms with Crippen LogP contribution in [-0.4, -0.2) is 23.0 Å². The van der Waals surface area contributed by atoms with Crippen LogP contribution in [0.25, 0.3) is 0 Å². The van der Waals surface area contributed by atoms with Gasteiger partial charge in [0, 0.05) is 0 Å². The van der Waals surface area contributed by atoms with Crippen LogP contribution in [0.1, 0.15) is 0 Å². The molecule has 3 nitrogen and oxygen atoms in total. The molecule has 0 aromatic carbocycles. The van der Waals surface area contributed by atoms with Crippen LogP contribution >= 0.6 is 23.2 Å². The molecule has 0 bridgehead atoms. The van der Waals surface area contributed by atoms with Crippen molar-refractivity contribution >= 4 is 29.2 Å². The zero-order valence-electron chi connectivity index (χ0n) is 4.27. The summed E-state index contributed by atoms with van der Waals surface area (Å²) in [5, 5.41) is 7.73. The summed E-state index contributed by atoms with van der Waals surface area (Å²) in [5.74, 6) is -1.21. The van der Waals surface area contributed by atoms with E-state index in [1.54, 1.807) is 0 Å². The summed E-state index contributed by atoms with van der Waals surface area (Å²) in [5.41, 5.74) is 4.50. The lowest BCUT2D eigenvalue weighted by atomic mass is 10.8. The zero-order chi connectivity index (χ0) is 7.15. The number of carboxylic acids is 1. The molecule has 0 saturated heterocycles. The van der Waals surface area contributed by atoms with Crippen molar-refractivity contribution in [3.8, 4) is 0 Å². The van der Waals surface area contributed by atoms with E-state index in [0.29, 0.717) is 0 Å². The van der Waals surface area contributed by atoms with Gasteiger partial charge in [-0.15, -0.1) is 0 Å². The molecule has 0 heterocycles. The quantitative estimate of drug-likeness (QED) is 0.547. The number of rotatable bonds is 1. The average molecular weight is 160 g/mol. The Hall–Kier alpha value is 0.01000. The summed E-state index contributed by atoms with van der Waals surface area (Å²) in [4.78, 5) is 8.15. The van der Waals surface area contributed by atoms with E-state index < -0.39 is 10.8 Å². The van der Waals surface area contributed by atoms with Gasteiger partial charge in [-0.25, -0.2) is 4.79 Å². The van der Waals surface area contributed by atoms with Gasteiger partial charge in [-0.1, -0.05) is 23.2 Å². The molecule has 0 aliphatic heterocycles. The van der Waals surface area contributed by atoms with Crippen LogP contribution in [0.3, 0.4) is 0 Å². The summed E-state index contributed by atoms with van der Waals surface area (Å²) in [6, 6.07) is 0. The molecule has 0 radical (unpaired) electrons. The summed E-state index contributed by atoms with van der Waals surface area (Å²) in [6.07, 6.45) is 0. The van der Waals surface area contributed by atoms with Gasteiger partial charge in [-0.2, -0.15) is 0 Å². The predicted octanol–water partition coefficient (Wildman–Crippen LogP) is 0.450. The second-order valence-electron chi connectivity index (χ2n) is 0.639. The summed E-state index contributed by atoms with van der Waals surface area (Å²) >= 11 is 9.56. The van der Waals surface area contributed by atoms with Gasteiger partial charge in [0.25, 0.3) is 0 Å². The molecule has 0 rings (SSSR count). The Morgan fingerprint density at radius 3 is 1.75 bits per heavy atom. The number of halogens is 2. The second-order valence-corrected chi connectivity index (χ2v) is 1.74. The predicted molar refractivity (Wildman–Crippen MR) is 33.2 cm³/mol. The minimum Gasteiger partial charge on any atom is -0.479 e. The Morgan fingerprint density at radius 2 is 1.75 bits per heavy atom. The highest BCUT2D eigenvalue weighted by Gasteiger charge is 2.05. The fraction of sp³-hybridized carbons (Fsp3) is 0.667. The number of alkyl halides is 2. The van der Waals surface area contributed by atoms with Crippen molar-refractivity contribution in [2.45, 2.75) is 4.84 Å². The Morgan fingerprint density at radius 1 is 1.62 bits per heavy atom.